The largest absolute Gasteiger partial charge is 0.368 e. The molecule has 1 saturated heterocycles. The fraction of sp³-hybridized carbons (Fsp3) is 0.571. The predicted octanol–water partition coefficient (Wildman–Crippen LogP) is 2.86. The second-order valence-corrected chi connectivity index (χ2v) is 5.39. The van der Waals surface area contributed by atoms with E-state index in [0.717, 1.165) is 37.4 Å². The van der Waals surface area contributed by atoms with Gasteiger partial charge in [-0.15, -0.1) is 11.6 Å². The second-order valence-electron chi connectivity index (χ2n) is 5.13. The molecule has 0 spiro atoms. The third-order valence-electron chi connectivity index (χ3n) is 3.93. The number of halogens is 1. The molecule has 6 heteroatoms. The van der Waals surface area contributed by atoms with Crippen molar-refractivity contribution in [1.29, 1.82) is 0 Å². The summed E-state index contributed by atoms with van der Waals surface area (Å²) in [6, 6.07) is 5.44. The molecular formula is C14H20ClN3O2. The molecule has 0 aromatic heterocycles. The minimum absolute atomic E-state index is 0.102. The van der Waals surface area contributed by atoms with Crippen LogP contribution in [0.5, 0.6) is 0 Å². The zero-order valence-corrected chi connectivity index (χ0v) is 12.6. The molecular weight excluding hydrogens is 278 g/mol. The van der Waals surface area contributed by atoms with Gasteiger partial charge in [0, 0.05) is 49.4 Å². The van der Waals surface area contributed by atoms with E-state index in [9.17, 15) is 10.1 Å². The van der Waals surface area contributed by atoms with Gasteiger partial charge in [-0.1, -0.05) is 6.92 Å². The van der Waals surface area contributed by atoms with E-state index in [-0.39, 0.29) is 10.6 Å². The summed E-state index contributed by atoms with van der Waals surface area (Å²) >= 11 is 5.96. The van der Waals surface area contributed by atoms with Gasteiger partial charge >= 0.3 is 0 Å². The Bertz CT molecular complexity index is 495. The Balaban J connectivity index is 2.22. The normalized spacial score (nSPS) is 20.1. The highest BCUT2D eigenvalue weighted by Crippen LogP contribution is 2.28. The van der Waals surface area contributed by atoms with Crippen molar-refractivity contribution >= 4 is 23.0 Å². The predicted molar refractivity (Wildman–Crippen MR) is 81.6 cm³/mol. The minimum atomic E-state index is -0.378. The molecule has 1 heterocycles. The number of likely N-dealkylation sites (N-methyl/N-ethyl adjacent to an activating group) is 1. The maximum absolute atomic E-state index is 10.8. The minimum Gasteiger partial charge on any atom is -0.368 e. The average molecular weight is 298 g/mol. The highest BCUT2D eigenvalue weighted by Gasteiger charge is 2.24. The zero-order valence-electron chi connectivity index (χ0n) is 11.9. The molecule has 1 aromatic carbocycles. The smallest absolute Gasteiger partial charge is 0.269 e. The first-order chi connectivity index (χ1) is 9.56. The van der Waals surface area contributed by atoms with Crippen LogP contribution in [0.15, 0.2) is 18.2 Å². The van der Waals surface area contributed by atoms with Crippen molar-refractivity contribution in [2.45, 2.75) is 25.8 Å². The number of nitro benzene ring substituents is 1. The molecule has 0 aliphatic carbocycles. The maximum atomic E-state index is 10.8. The van der Waals surface area contributed by atoms with Crippen LogP contribution in [-0.4, -0.2) is 42.0 Å². The molecule has 1 unspecified atom stereocenters. The third kappa shape index (κ3) is 3.04. The molecule has 110 valence electrons. The van der Waals surface area contributed by atoms with Gasteiger partial charge in [-0.05, 0) is 25.1 Å². The van der Waals surface area contributed by atoms with Gasteiger partial charge in [0.05, 0.1) is 4.92 Å². The van der Waals surface area contributed by atoms with Crippen LogP contribution >= 0.6 is 11.6 Å². The van der Waals surface area contributed by atoms with Crippen LogP contribution in [0.4, 0.5) is 11.4 Å². The number of nitrogens with zero attached hydrogens (tertiary/aromatic N) is 3. The Labute approximate surface area is 124 Å². The van der Waals surface area contributed by atoms with Crippen molar-refractivity contribution in [2.75, 3.05) is 31.1 Å². The fourth-order valence-electron chi connectivity index (χ4n) is 2.78. The molecule has 1 aromatic rings. The van der Waals surface area contributed by atoms with Crippen LogP contribution < -0.4 is 4.90 Å². The summed E-state index contributed by atoms with van der Waals surface area (Å²) < 4.78 is 0. The van der Waals surface area contributed by atoms with Crippen molar-refractivity contribution < 1.29 is 4.92 Å². The second kappa shape index (κ2) is 6.41. The molecule has 0 bridgehead atoms. The first kappa shape index (κ1) is 15.1. The summed E-state index contributed by atoms with van der Waals surface area (Å²) in [5.74, 6) is 0.291. The van der Waals surface area contributed by atoms with E-state index in [2.05, 4.69) is 23.6 Å². The highest BCUT2D eigenvalue weighted by atomic mass is 35.5. The number of hydrogen-bond donors (Lipinski definition) is 0. The first-order valence-corrected chi connectivity index (χ1v) is 7.42. The Morgan fingerprint density at radius 2 is 2.20 bits per heavy atom. The summed E-state index contributed by atoms with van der Waals surface area (Å²) in [4.78, 5) is 15.2. The summed E-state index contributed by atoms with van der Waals surface area (Å²) in [7, 11) is 0. The monoisotopic (exact) mass is 297 g/mol. The van der Waals surface area contributed by atoms with Crippen LogP contribution in [-0.2, 0) is 5.88 Å². The zero-order chi connectivity index (χ0) is 14.7. The molecule has 0 amide bonds. The van der Waals surface area contributed by atoms with Crippen molar-refractivity contribution in [3.8, 4) is 0 Å². The lowest BCUT2D eigenvalue weighted by atomic mass is 10.1. The Hall–Kier alpha value is -1.33. The van der Waals surface area contributed by atoms with E-state index in [1.54, 1.807) is 12.1 Å². The lowest BCUT2D eigenvalue weighted by Crippen LogP contribution is -2.51. The topological polar surface area (TPSA) is 49.6 Å². The number of alkyl halides is 1. The fourth-order valence-corrected chi connectivity index (χ4v) is 3.00. The standard InChI is InChI=1S/C14H20ClN3O2/c1-3-16-6-7-17(10-11(16)2)14-5-4-13(18(19)20)8-12(14)9-15/h4-5,8,11H,3,6-7,9-10H2,1-2H3. The quantitative estimate of drug-likeness (QED) is 0.487. The van der Waals surface area contributed by atoms with Gasteiger partial charge in [0.15, 0.2) is 0 Å². The lowest BCUT2D eigenvalue weighted by Gasteiger charge is -2.41. The molecule has 5 nitrogen and oxygen atoms in total. The van der Waals surface area contributed by atoms with Gasteiger partial charge in [0.1, 0.15) is 0 Å². The molecule has 2 rings (SSSR count). The molecule has 0 N–H and O–H groups in total. The summed E-state index contributed by atoms with van der Waals surface area (Å²) in [6.07, 6.45) is 0. The number of rotatable bonds is 4. The van der Waals surface area contributed by atoms with Gasteiger partial charge in [-0.2, -0.15) is 0 Å². The Kier molecular flexibility index (Phi) is 4.83. The molecule has 1 atom stereocenters. The average Bonchev–Trinajstić information content (AvgIpc) is 2.46. The molecule has 0 radical (unpaired) electrons. The van der Waals surface area contributed by atoms with Gasteiger partial charge in [-0.3, -0.25) is 15.0 Å². The Morgan fingerprint density at radius 3 is 2.75 bits per heavy atom. The van der Waals surface area contributed by atoms with Crippen molar-refractivity contribution in [3.63, 3.8) is 0 Å². The molecule has 0 saturated carbocycles. The number of anilines is 1. The summed E-state index contributed by atoms with van der Waals surface area (Å²) in [5.41, 5.74) is 1.95. The number of hydrogen-bond acceptors (Lipinski definition) is 4. The van der Waals surface area contributed by atoms with Crippen molar-refractivity contribution in [3.05, 3.63) is 33.9 Å². The number of piperazine rings is 1. The van der Waals surface area contributed by atoms with Crippen LogP contribution in [0.25, 0.3) is 0 Å². The van der Waals surface area contributed by atoms with Crippen molar-refractivity contribution in [2.24, 2.45) is 0 Å². The van der Waals surface area contributed by atoms with Crippen LogP contribution in [0, 0.1) is 10.1 Å². The SMILES string of the molecule is CCN1CCN(c2ccc([N+](=O)[O-])cc2CCl)CC1C. The van der Waals surface area contributed by atoms with Crippen LogP contribution in [0.3, 0.4) is 0 Å². The van der Waals surface area contributed by atoms with Gasteiger partial charge < -0.3 is 4.90 Å². The summed E-state index contributed by atoms with van der Waals surface area (Å²) in [5, 5.41) is 10.8. The molecule has 20 heavy (non-hydrogen) atoms. The number of benzene rings is 1. The van der Waals surface area contributed by atoms with E-state index in [1.807, 2.05) is 6.07 Å². The van der Waals surface area contributed by atoms with Crippen molar-refractivity contribution in [1.82, 2.24) is 4.90 Å². The molecule has 1 fully saturated rings. The van der Waals surface area contributed by atoms with Crippen LogP contribution in [0.1, 0.15) is 19.4 Å². The van der Waals surface area contributed by atoms with Gasteiger partial charge in [-0.25, -0.2) is 0 Å². The Morgan fingerprint density at radius 1 is 1.45 bits per heavy atom. The third-order valence-corrected chi connectivity index (χ3v) is 4.22. The van der Waals surface area contributed by atoms with Gasteiger partial charge in [0.25, 0.3) is 5.69 Å². The summed E-state index contributed by atoms with van der Waals surface area (Å²) in [6.45, 7) is 8.30. The van der Waals surface area contributed by atoms with Crippen LogP contribution in [0.2, 0.25) is 0 Å². The highest BCUT2D eigenvalue weighted by molar-refractivity contribution is 6.17. The van der Waals surface area contributed by atoms with E-state index in [4.69, 9.17) is 11.6 Å². The lowest BCUT2D eigenvalue weighted by molar-refractivity contribution is -0.384. The van der Waals surface area contributed by atoms with E-state index in [1.165, 1.54) is 0 Å². The molecule has 1 aliphatic heterocycles. The first-order valence-electron chi connectivity index (χ1n) is 6.89. The van der Waals surface area contributed by atoms with E-state index < -0.39 is 0 Å². The number of nitro groups is 1. The van der Waals surface area contributed by atoms with E-state index in [0.29, 0.717) is 11.9 Å². The molecule has 1 aliphatic rings. The van der Waals surface area contributed by atoms with E-state index >= 15 is 0 Å². The number of non-ortho nitro benzene ring substituents is 1. The van der Waals surface area contributed by atoms with Gasteiger partial charge in [0.2, 0.25) is 0 Å². The maximum Gasteiger partial charge on any atom is 0.269 e.